The Balaban J connectivity index is 2.76. The van der Waals surface area contributed by atoms with E-state index in [0.29, 0.717) is 18.2 Å². The number of benzene rings is 1. The first-order valence-electron chi connectivity index (χ1n) is 5.65. The van der Waals surface area contributed by atoms with Crippen LogP contribution in [0.1, 0.15) is 19.4 Å². The molecule has 0 aliphatic heterocycles. The Morgan fingerprint density at radius 3 is 2.53 bits per heavy atom. The van der Waals surface area contributed by atoms with Gasteiger partial charge in [-0.3, -0.25) is 0 Å². The summed E-state index contributed by atoms with van der Waals surface area (Å²) in [5, 5.41) is 0.685. The van der Waals surface area contributed by atoms with Crippen molar-refractivity contribution < 1.29 is 4.74 Å². The zero-order valence-electron chi connectivity index (χ0n) is 11.0. The van der Waals surface area contributed by atoms with Crippen LogP contribution < -0.4 is 10.5 Å². The van der Waals surface area contributed by atoms with Crippen LogP contribution in [0.5, 0.6) is 5.75 Å². The predicted octanol–water partition coefficient (Wildman–Crippen LogP) is 2.52. The molecule has 17 heavy (non-hydrogen) atoms. The van der Waals surface area contributed by atoms with Crippen molar-refractivity contribution in [2.45, 2.75) is 25.9 Å². The van der Waals surface area contributed by atoms with Crippen molar-refractivity contribution >= 4 is 11.6 Å². The highest BCUT2D eigenvalue weighted by Gasteiger charge is 2.21. The summed E-state index contributed by atoms with van der Waals surface area (Å²) < 4.78 is 5.83. The molecule has 96 valence electrons. The van der Waals surface area contributed by atoms with E-state index in [1.165, 1.54) is 0 Å². The quantitative estimate of drug-likeness (QED) is 0.880. The molecule has 0 radical (unpaired) electrons. The monoisotopic (exact) mass is 256 g/mol. The average molecular weight is 257 g/mol. The van der Waals surface area contributed by atoms with E-state index in [0.717, 1.165) is 11.3 Å². The van der Waals surface area contributed by atoms with Gasteiger partial charge < -0.3 is 15.4 Å². The molecule has 0 saturated heterocycles. The van der Waals surface area contributed by atoms with Crippen LogP contribution in [0.4, 0.5) is 0 Å². The van der Waals surface area contributed by atoms with Crippen LogP contribution in [0.25, 0.3) is 0 Å². The second kappa shape index (κ2) is 5.71. The number of hydrogen-bond donors (Lipinski definition) is 1. The lowest BCUT2D eigenvalue weighted by atomic mass is 10.1. The van der Waals surface area contributed by atoms with E-state index >= 15 is 0 Å². The first kappa shape index (κ1) is 14.3. The van der Waals surface area contributed by atoms with E-state index < -0.39 is 0 Å². The number of likely N-dealkylation sites (N-methyl/N-ethyl adjacent to an activating group) is 1. The minimum atomic E-state index is -0.0223. The molecular weight excluding hydrogens is 236 g/mol. The van der Waals surface area contributed by atoms with Crippen LogP contribution >= 0.6 is 11.6 Å². The van der Waals surface area contributed by atoms with Gasteiger partial charge in [0.05, 0.1) is 0 Å². The zero-order chi connectivity index (χ0) is 13.1. The van der Waals surface area contributed by atoms with E-state index in [9.17, 15) is 0 Å². The maximum atomic E-state index is 5.92. The average Bonchev–Trinajstić information content (AvgIpc) is 2.27. The van der Waals surface area contributed by atoms with Gasteiger partial charge in [-0.1, -0.05) is 11.6 Å². The third kappa shape index (κ3) is 3.87. The first-order chi connectivity index (χ1) is 7.86. The third-order valence-electron chi connectivity index (χ3n) is 3.03. The second-order valence-corrected chi connectivity index (χ2v) is 5.39. The molecule has 0 saturated carbocycles. The van der Waals surface area contributed by atoms with Crippen molar-refractivity contribution in [3.63, 3.8) is 0 Å². The van der Waals surface area contributed by atoms with Gasteiger partial charge in [0.2, 0.25) is 0 Å². The SMILES string of the molecule is CN(C)C(C)(C)COc1ccc(Cl)cc1CN. The van der Waals surface area contributed by atoms with Crippen molar-refractivity contribution in [1.82, 2.24) is 4.90 Å². The summed E-state index contributed by atoms with van der Waals surface area (Å²) in [4.78, 5) is 2.13. The van der Waals surface area contributed by atoms with E-state index in [2.05, 4.69) is 18.7 Å². The molecule has 0 heterocycles. The number of hydrogen-bond acceptors (Lipinski definition) is 3. The lowest BCUT2D eigenvalue weighted by molar-refractivity contribution is 0.113. The first-order valence-corrected chi connectivity index (χ1v) is 6.03. The second-order valence-electron chi connectivity index (χ2n) is 4.95. The van der Waals surface area contributed by atoms with Gasteiger partial charge in [-0.15, -0.1) is 0 Å². The molecule has 1 rings (SSSR count). The Morgan fingerprint density at radius 1 is 1.35 bits per heavy atom. The maximum Gasteiger partial charge on any atom is 0.123 e. The fourth-order valence-corrected chi connectivity index (χ4v) is 1.43. The molecule has 3 nitrogen and oxygen atoms in total. The van der Waals surface area contributed by atoms with Gasteiger partial charge in [-0.25, -0.2) is 0 Å². The molecule has 4 heteroatoms. The molecule has 2 N–H and O–H groups in total. The highest BCUT2D eigenvalue weighted by Crippen LogP contribution is 2.24. The lowest BCUT2D eigenvalue weighted by Gasteiger charge is -2.32. The summed E-state index contributed by atoms with van der Waals surface area (Å²) >= 11 is 5.92. The largest absolute Gasteiger partial charge is 0.491 e. The minimum absolute atomic E-state index is 0.0223. The van der Waals surface area contributed by atoms with E-state index in [1.807, 2.05) is 32.3 Å². The smallest absolute Gasteiger partial charge is 0.123 e. The summed E-state index contributed by atoms with van der Waals surface area (Å²) in [6.45, 7) is 5.29. The summed E-state index contributed by atoms with van der Waals surface area (Å²) in [6.07, 6.45) is 0. The van der Waals surface area contributed by atoms with Gasteiger partial charge in [0.15, 0.2) is 0 Å². The van der Waals surface area contributed by atoms with Crippen molar-refractivity contribution in [1.29, 1.82) is 0 Å². The molecule has 0 unspecified atom stereocenters. The normalized spacial score (nSPS) is 11.9. The molecule has 0 spiro atoms. The van der Waals surface area contributed by atoms with Crippen LogP contribution in [0, 0.1) is 0 Å². The molecule has 1 aromatic carbocycles. The molecule has 1 aromatic rings. The summed E-state index contributed by atoms with van der Waals surface area (Å²) in [5.74, 6) is 0.812. The number of halogens is 1. The van der Waals surface area contributed by atoms with E-state index in [1.54, 1.807) is 0 Å². The molecule has 0 atom stereocenters. The van der Waals surface area contributed by atoms with Crippen molar-refractivity contribution in [2.24, 2.45) is 5.73 Å². The Bertz CT molecular complexity index is 378. The topological polar surface area (TPSA) is 38.5 Å². The Kier molecular flexibility index (Phi) is 4.80. The van der Waals surface area contributed by atoms with Crippen LogP contribution in [-0.2, 0) is 6.54 Å². The fourth-order valence-electron chi connectivity index (χ4n) is 1.23. The Morgan fingerprint density at radius 2 is 2.00 bits per heavy atom. The minimum Gasteiger partial charge on any atom is -0.491 e. The standard InChI is InChI=1S/C13H21ClN2O/c1-13(2,16(3)4)9-17-12-6-5-11(14)7-10(12)8-15/h5-7H,8-9,15H2,1-4H3. The van der Waals surface area contributed by atoms with Gasteiger partial charge in [0.25, 0.3) is 0 Å². The fraction of sp³-hybridized carbons (Fsp3) is 0.538. The summed E-state index contributed by atoms with van der Waals surface area (Å²) in [5.41, 5.74) is 6.58. The highest BCUT2D eigenvalue weighted by atomic mass is 35.5. The Hall–Kier alpha value is -0.770. The lowest BCUT2D eigenvalue weighted by Crippen LogP contribution is -2.43. The van der Waals surface area contributed by atoms with Crippen LogP contribution in [-0.4, -0.2) is 31.1 Å². The van der Waals surface area contributed by atoms with Crippen molar-refractivity contribution in [2.75, 3.05) is 20.7 Å². The van der Waals surface area contributed by atoms with Crippen molar-refractivity contribution in [3.8, 4) is 5.75 Å². The van der Waals surface area contributed by atoms with Gasteiger partial charge >= 0.3 is 0 Å². The molecule has 0 aliphatic carbocycles. The summed E-state index contributed by atoms with van der Waals surface area (Å²) in [7, 11) is 4.07. The van der Waals surface area contributed by atoms with E-state index in [-0.39, 0.29) is 5.54 Å². The van der Waals surface area contributed by atoms with Gasteiger partial charge in [0.1, 0.15) is 12.4 Å². The third-order valence-corrected chi connectivity index (χ3v) is 3.27. The number of nitrogens with zero attached hydrogens (tertiary/aromatic N) is 1. The molecule has 0 fully saturated rings. The number of nitrogens with two attached hydrogens (primary N) is 1. The van der Waals surface area contributed by atoms with E-state index in [4.69, 9.17) is 22.1 Å². The highest BCUT2D eigenvalue weighted by molar-refractivity contribution is 6.30. The summed E-state index contributed by atoms with van der Waals surface area (Å²) in [6, 6.07) is 5.54. The molecule has 0 aliphatic rings. The van der Waals surface area contributed by atoms with Crippen LogP contribution in [0.15, 0.2) is 18.2 Å². The van der Waals surface area contributed by atoms with Gasteiger partial charge in [0, 0.05) is 22.7 Å². The molecule has 0 bridgehead atoms. The molecule has 0 aromatic heterocycles. The van der Waals surface area contributed by atoms with Crippen LogP contribution in [0.2, 0.25) is 5.02 Å². The Labute approximate surface area is 109 Å². The molecular formula is C13H21ClN2O. The van der Waals surface area contributed by atoms with Gasteiger partial charge in [-0.2, -0.15) is 0 Å². The predicted molar refractivity (Wildman–Crippen MR) is 72.6 cm³/mol. The number of rotatable bonds is 5. The molecule has 0 amide bonds. The number of ether oxygens (including phenoxy) is 1. The zero-order valence-corrected chi connectivity index (χ0v) is 11.7. The van der Waals surface area contributed by atoms with Crippen LogP contribution in [0.3, 0.4) is 0 Å². The maximum absolute atomic E-state index is 5.92. The van der Waals surface area contributed by atoms with Gasteiger partial charge in [-0.05, 0) is 46.1 Å². The van der Waals surface area contributed by atoms with Crippen molar-refractivity contribution in [3.05, 3.63) is 28.8 Å².